The van der Waals surface area contributed by atoms with E-state index in [1.54, 1.807) is 36.5 Å². The Hall–Kier alpha value is -4.48. The Kier molecular flexibility index (Phi) is 8.74. The van der Waals surface area contributed by atoms with Crippen LogP contribution in [0.25, 0.3) is 22.2 Å². The fraction of sp³-hybridized carbons (Fsp3) is 0.222. The van der Waals surface area contributed by atoms with Crippen molar-refractivity contribution in [2.45, 2.75) is 13.0 Å². The molecule has 4 rings (SSSR count). The number of nitrogens with zero attached hydrogens (tertiary/aromatic N) is 4. The van der Waals surface area contributed by atoms with Crippen LogP contribution >= 0.6 is 11.6 Å². The van der Waals surface area contributed by atoms with Crippen LogP contribution in [-0.2, 0) is 17.8 Å². The van der Waals surface area contributed by atoms with Crippen LogP contribution in [-0.4, -0.2) is 57.9 Å². The van der Waals surface area contributed by atoms with Crippen molar-refractivity contribution >= 4 is 40.2 Å². The molecule has 0 radical (unpaired) electrons. The maximum Gasteiger partial charge on any atom is 0.260 e. The van der Waals surface area contributed by atoms with Crippen molar-refractivity contribution in [2.24, 2.45) is 0 Å². The third kappa shape index (κ3) is 6.16. The normalized spacial score (nSPS) is 10.8. The Labute approximate surface area is 229 Å². The summed E-state index contributed by atoms with van der Waals surface area (Å²) in [6.45, 7) is 3.83. The van der Waals surface area contributed by atoms with E-state index in [-0.39, 0.29) is 42.1 Å². The van der Waals surface area contributed by atoms with E-state index in [1.165, 1.54) is 31.1 Å². The van der Waals surface area contributed by atoms with Gasteiger partial charge in [-0.2, -0.15) is 4.98 Å². The van der Waals surface area contributed by atoms with Gasteiger partial charge in [0.05, 0.1) is 37.7 Å². The SMILES string of the molecule is C=CC(=O)Nc1ccc(CCn2c(=O)c(-c3cc(OC)cc(OC)c3Cl)cc3cnc(NCCO)nc32)nc1. The van der Waals surface area contributed by atoms with E-state index in [4.69, 9.17) is 26.2 Å². The molecule has 11 nitrogen and oxygen atoms in total. The number of anilines is 2. The van der Waals surface area contributed by atoms with Crippen molar-refractivity contribution in [3.63, 3.8) is 0 Å². The maximum atomic E-state index is 13.9. The molecule has 0 atom stereocenters. The van der Waals surface area contributed by atoms with Crippen LogP contribution < -0.4 is 25.7 Å². The number of rotatable bonds is 11. The second-order valence-electron chi connectivity index (χ2n) is 8.31. The van der Waals surface area contributed by atoms with Gasteiger partial charge in [-0.15, -0.1) is 0 Å². The third-order valence-electron chi connectivity index (χ3n) is 5.85. The highest BCUT2D eigenvalue weighted by molar-refractivity contribution is 6.35. The van der Waals surface area contributed by atoms with Crippen molar-refractivity contribution < 1.29 is 19.4 Å². The lowest BCUT2D eigenvalue weighted by Gasteiger charge is -2.16. The molecule has 0 spiro atoms. The van der Waals surface area contributed by atoms with E-state index in [9.17, 15) is 9.59 Å². The lowest BCUT2D eigenvalue weighted by Crippen LogP contribution is -2.25. The molecule has 0 fully saturated rings. The summed E-state index contributed by atoms with van der Waals surface area (Å²) in [4.78, 5) is 38.7. The first-order chi connectivity index (χ1) is 18.9. The van der Waals surface area contributed by atoms with Gasteiger partial charge in [0.1, 0.15) is 17.1 Å². The van der Waals surface area contributed by atoms with Crippen molar-refractivity contribution in [2.75, 3.05) is 38.0 Å². The van der Waals surface area contributed by atoms with Crippen LogP contribution in [0.4, 0.5) is 11.6 Å². The zero-order valence-corrected chi connectivity index (χ0v) is 22.2. The van der Waals surface area contributed by atoms with E-state index in [1.807, 2.05) is 0 Å². The highest BCUT2D eigenvalue weighted by Gasteiger charge is 2.19. The van der Waals surface area contributed by atoms with Gasteiger partial charge < -0.3 is 25.2 Å². The molecule has 39 heavy (non-hydrogen) atoms. The molecule has 0 saturated heterocycles. The van der Waals surface area contributed by atoms with Gasteiger partial charge in [-0.05, 0) is 30.3 Å². The molecule has 0 unspecified atom stereocenters. The standard InChI is InChI=1S/C27H27ClN6O5/c1-4-23(36)32-18-6-5-17(30-15-18)7-9-34-25-16(14-31-27(33-25)29-8-10-35)11-21(26(34)37)20-12-19(38-2)13-22(39-3)24(20)28/h4-6,11-15,35H,1,7-10H2,2-3H3,(H,32,36)(H,29,31,33). The zero-order chi connectivity index (χ0) is 27.9. The molecular formula is C27H27ClN6O5. The first kappa shape index (κ1) is 27.6. The Morgan fingerprint density at radius 3 is 2.64 bits per heavy atom. The van der Waals surface area contributed by atoms with Crippen LogP contribution in [0.5, 0.6) is 11.5 Å². The minimum atomic E-state index is -0.336. The van der Waals surface area contributed by atoms with Crippen LogP contribution in [0.3, 0.4) is 0 Å². The number of aliphatic hydroxyl groups excluding tert-OH is 1. The van der Waals surface area contributed by atoms with Crippen LogP contribution in [0.1, 0.15) is 5.69 Å². The topological polar surface area (TPSA) is 140 Å². The number of aromatic nitrogens is 4. The number of carbonyl (C=O) groups is 1. The molecule has 3 heterocycles. The Morgan fingerprint density at radius 2 is 1.97 bits per heavy atom. The molecule has 0 aliphatic heterocycles. The number of pyridine rings is 2. The van der Waals surface area contributed by atoms with Gasteiger partial charge in [-0.25, -0.2) is 4.98 Å². The van der Waals surface area contributed by atoms with Gasteiger partial charge in [0.15, 0.2) is 0 Å². The number of hydrogen-bond acceptors (Lipinski definition) is 9. The Balaban J connectivity index is 1.79. The first-order valence-corrected chi connectivity index (χ1v) is 12.3. The number of carbonyl (C=O) groups excluding carboxylic acids is 1. The Morgan fingerprint density at radius 1 is 1.15 bits per heavy atom. The molecule has 0 aliphatic rings. The second kappa shape index (κ2) is 12.4. The van der Waals surface area contributed by atoms with E-state index < -0.39 is 0 Å². The number of fused-ring (bicyclic) bond motifs is 1. The number of amides is 1. The summed E-state index contributed by atoms with van der Waals surface area (Å²) in [7, 11) is 3.00. The number of aliphatic hydroxyl groups is 1. The largest absolute Gasteiger partial charge is 0.497 e. The molecule has 1 aromatic carbocycles. The fourth-order valence-corrected chi connectivity index (χ4v) is 4.20. The predicted molar refractivity (Wildman–Crippen MR) is 150 cm³/mol. The summed E-state index contributed by atoms with van der Waals surface area (Å²) in [5, 5.41) is 15.6. The molecule has 12 heteroatoms. The van der Waals surface area contributed by atoms with Crippen molar-refractivity contribution in [1.29, 1.82) is 0 Å². The first-order valence-electron chi connectivity index (χ1n) is 11.9. The minimum absolute atomic E-state index is 0.0990. The Bertz CT molecular complexity index is 1570. The predicted octanol–water partition coefficient (Wildman–Crippen LogP) is 3.30. The molecule has 1 amide bonds. The van der Waals surface area contributed by atoms with Crippen molar-refractivity contribution in [1.82, 2.24) is 19.5 Å². The van der Waals surface area contributed by atoms with Gasteiger partial charge >= 0.3 is 0 Å². The summed E-state index contributed by atoms with van der Waals surface area (Å²) in [6.07, 6.45) is 4.71. The van der Waals surface area contributed by atoms with Crippen molar-refractivity contribution in [3.8, 4) is 22.6 Å². The molecule has 0 saturated carbocycles. The molecule has 0 aliphatic carbocycles. The summed E-state index contributed by atoms with van der Waals surface area (Å²) in [5.41, 5.74) is 2.06. The van der Waals surface area contributed by atoms with Crippen LogP contribution in [0.2, 0.25) is 5.02 Å². The summed E-state index contributed by atoms with van der Waals surface area (Å²) in [5.74, 6) is 0.783. The highest BCUT2D eigenvalue weighted by Crippen LogP contribution is 2.38. The van der Waals surface area contributed by atoms with Gasteiger partial charge in [0.2, 0.25) is 11.9 Å². The number of ether oxygens (including phenoxy) is 2. The van der Waals surface area contributed by atoms with E-state index >= 15 is 0 Å². The number of benzene rings is 1. The third-order valence-corrected chi connectivity index (χ3v) is 6.24. The molecule has 4 aromatic rings. The lowest BCUT2D eigenvalue weighted by molar-refractivity contribution is -0.111. The van der Waals surface area contributed by atoms with Crippen LogP contribution in [0.15, 0.2) is 60.2 Å². The van der Waals surface area contributed by atoms with Gasteiger partial charge in [0, 0.05) is 54.0 Å². The highest BCUT2D eigenvalue weighted by atomic mass is 35.5. The summed E-state index contributed by atoms with van der Waals surface area (Å²) >= 11 is 6.62. The lowest BCUT2D eigenvalue weighted by atomic mass is 10.0. The summed E-state index contributed by atoms with van der Waals surface area (Å²) < 4.78 is 12.3. The quantitative estimate of drug-likeness (QED) is 0.240. The second-order valence-corrected chi connectivity index (χ2v) is 8.69. The number of aryl methyl sites for hydroxylation is 2. The number of hydrogen-bond donors (Lipinski definition) is 3. The number of methoxy groups -OCH3 is 2. The monoisotopic (exact) mass is 550 g/mol. The van der Waals surface area contributed by atoms with E-state index in [0.717, 1.165) is 0 Å². The minimum Gasteiger partial charge on any atom is -0.497 e. The molecule has 3 N–H and O–H groups in total. The van der Waals surface area contributed by atoms with E-state index in [0.29, 0.717) is 51.5 Å². The maximum absolute atomic E-state index is 13.9. The van der Waals surface area contributed by atoms with Crippen LogP contribution in [0, 0.1) is 0 Å². The van der Waals surface area contributed by atoms with E-state index in [2.05, 4.69) is 32.2 Å². The zero-order valence-electron chi connectivity index (χ0n) is 21.4. The molecule has 3 aromatic heterocycles. The molecule has 202 valence electrons. The molecule has 0 bridgehead atoms. The summed E-state index contributed by atoms with van der Waals surface area (Å²) in [6, 6.07) is 8.48. The number of halogens is 1. The average Bonchev–Trinajstić information content (AvgIpc) is 2.96. The van der Waals surface area contributed by atoms with Gasteiger partial charge in [-0.3, -0.25) is 19.1 Å². The number of nitrogens with one attached hydrogen (secondary N) is 2. The molecular weight excluding hydrogens is 524 g/mol. The average molecular weight is 551 g/mol. The smallest absolute Gasteiger partial charge is 0.260 e. The van der Waals surface area contributed by atoms with Gasteiger partial charge in [0.25, 0.3) is 5.56 Å². The fourth-order valence-electron chi connectivity index (χ4n) is 3.91. The van der Waals surface area contributed by atoms with Crippen molar-refractivity contribution in [3.05, 3.63) is 76.5 Å². The van der Waals surface area contributed by atoms with Gasteiger partial charge in [-0.1, -0.05) is 18.2 Å².